The van der Waals surface area contributed by atoms with E-state index >= 15 is 0 Å². The predicted molar refractivity (Wildman–Crippen MR) is 66.7 cm³/mol. The van der Waals surface area contributed by atoms with Gasteiger partial charge in [0.25, 0.3) is 0 Å². The van der Waals surface area contributed by atoms with Gasteiger partial charge >= 0.3 is 0 Å². The second kappa shape index (κ2) is 6.33. The molecule has 1 aromatic rings. The van der Waals surface area contributed by atoms with Crippen LogP contribution < -0.4 is 5.32 Å². The third-order valence-electron chi connectivity index (χ3n) is 2.20. The van der Waals surface area contributed by atoms with Crippen LogP contribution in [0.5, 0.6) is 0 Å². The van der Waals surface area contributed by atoms with Gasteiger partial charge in [-0.3, -0.25) is 0 Å². The molecule has 0 bridgehead atoms. The van der Waals surface area contributed by atoms with Crippen molar-refractivity contribution in [1.29, 1.82) is 0 Å². The topological polar surface area (TPSA) is 15.3 Å². The smallest absolute Gasteiger partial charge is 0.0465 e. The first kappa shape index (κ1) is 12.8. The van der Waals surface area contributed by atoms with E-state index in [2.05, 4.69) is 17.3 Å². The van der Waals surface area contributed by atoms with Crippen molar-refractivity contribution in [2.24, 2.45) is 0 Å². The Kier molecular flexibility index (Phi) is 5.40. The molecule has 0 aliphatic carbocycles. The molecule has 1 aromatic carbocycles. The molecule has 0 atom stereocenters. The molecule has 0 aliphatic rings. The Morgan fingerprint density at radius 3 is 2.67 bits per heavy atom. The van der Waals surface area contributed by atoms with Gasteiger partial charge < -0.3 is 10.2 Å². The summed E-state index contributed by atoms with van der Waals surface area (Å²) < 4.78 is 0. The molecule has 0 saturated heterocycles. The lowest BCUT2D eigenvalue weighted by Gasteiger charge is -2.17. The molecular formula is C11H16Cl2N2. The average molecular weight is 247 g/mol. The fourth-order valence-corrected chi connectivity index (χ4v) is 1.79. The van der Waals surface area contributed by atoms with E-state index in [1.54, 1.807) is 6.07 Å². The molecule has 0 amide bonds. The predicted octanol–water partition coefficient (Wildman–Crippen LogP) is 2.64. The molecule has 0 fully saturated rings. The van der Waals surface area contributed by atoms with Crippen LogP contribution in [0.3, 0.4) is 0 Å². The molecule has 4 heteroatoms. The SMILES string of the molecule is CNCCN(C)Cc1ccc(Cl)cc1Cl. The molecule has 0 spiro atoms. The average Bonchev–Trinajstić information content (AvgIpc) is 2.19. The van der Waals surface area contributed by atoms with E-state index in [4.69, 9.17) is 23.2 Å². The number of benzene rings is 1. The first-order valence-corrected chi connectivity index (χ1v) is 5.66. The monoisotopic (exact) mass is 246 g/mol. The summed E-state index contributed by atoms with van der Waals surface area (Å²) in [5.41, 5.74) is 1.11. The Morgan fingerprint density at radius 1 is 1.33 bits per heavy atom. The van der Waals surface area contributed by atoms with Crippen molar-refractivity contribution >= 4 is 23.2 Å². The molecule has 2 nitrogen and oxygen atoms in total. The van der Waals surface area contributed by atoms with Gasteiger partial charge in [0.15, 0.2) is 0 Å². The molecule has 1 N–H and O–H groups in total. The lowest BCUT2D eigenvalue weighted by Crippen LogP contribution is -2.27. The van der Waals surface area contributed by atoms with Crippen LogP contribution in [0.25, 0.3) is 0 Å². The summed E-state index contributed by atoms with van der Waals surface area (Å²) in [6, 6.07) is 5.62. The standard InChI is InChI=1S/C11H16Cl2N2/c1-14-5-6-15(2)8-9-3-4-10(12)7-11(9)13/h3-4,7,14H,5-6,8H2,1-2H3. The first-order valence-electron chi connectivity index (χ1n) is 4.90. The van der Waals surface area contributed by atoms with E-state index < -0.39 is 0 Å². The maximum atomic E-state index is 6.08. The minimum Gasteiger partial charge on any atom is -0.318 e. The number of halogens is 2. The van der Waals surface area contributed by atoms with Gasteiger partial charge in [-0.05, 0) is 31.8 Å². The summed E-state index contributed by atoms with van der Waals surface area (Å²) in [5, 5.41) is 4.53. The zero-order valence-corrected chi connectivity index (χ0v) is 10.6. The first-order chi connectivity index (χ1) is 7.13. The molecule has 0 saturated carbocycles. The third-order valence-corrected chi connectivity index (χ3v) is 2.79. The molecule has 0 aliphatic heterocycles. The highest BCUT2D eigenvalue weighted by Gasteiger charge is 2.04. The van der Waals surface area contributed by atoms with Gasteiger partial charge in [0.2, 0.25) is 0 Å². The van der Waals surface area contributed by atoms with Gasteiger partial charge in [-0.1, -0.05) is 29.3 Å². The van der Waals surface area contributed by atoms with Crippen molar-refractivity contribution < 1.29 is 0 Å². The Bertz CT molecular complexity index is 315. The second-order valence-corrected chi connectivity index (χ2v) is 4.42. The van der Waals surface area contributed by atoms with Crippen LogP contribution in [0.1, 0.15) is 5.56 Å². The number of nitrogens with one attached hydrogen (secondary N) is 1. The minimum absolute atomic E-state index is 0.682. The normalized spacial score (nSPS) is 11.0. The minimum atomic E-state index is 0.682. The number of hydrogen-bond donors (Lipinski definition) is 1. The third kappa shape index (κ3) is 4.39. The van der Waals surface area contributed by atoms with Crippen molar-refractivity contribution in [1.82, 2.24) is 10.2 Å². The summed E-state index contributed by atoms with van der Waals surface area (Å²) >= 11 is 11.9. The molecule has 1 rings (SSSR count). The quantitative estimate of drug-likeness (QED) is 0.860. The van der Waals surface area contributed by atoms with Gasteiger partial charge in [0, 0.05) is 29.7 Å². The summed E-state index contributed by atoms with van der Waals surface area (Å²) in [6.45, 7) is 2.81. The van der Waals surface area contributed by atoms with E-state index in [0.717, 1.165) is 30.2 Å². The molecule has 0 radical (unpaired) electrons. The lowest BCUT2D eigenvalue weighted by atomic mass is 10.2. The summed E-state index contributed by atoms with van der Waals surface area (Å²) in [6.07, 6.45) is 0. The van der Waals surface area contributed by atoms with Crippen LogP contribution in [0.4, 0.5) is 0 Å². The van der Waals surface area contributed by atoms with Crippen molar-refractivity contribution in [3.05, 3.63) is 33.8 Å². The largest absolute Gasteiger partial charge is 0.318 e. The molecule has 15 heavy (non-hydrogen) atoms. The number of rotatable bonds is 5. The van der Waals surface area contributed by atoms with Crippen LogP contribution in [0.2, 0.25) is 10.0 Å². The van der Waals surface area contributed by atoms with Gasteiger partial charge in [-0.15, -0.1) is 0 Å². The fraction of sp³-hybridized carbons (Fsp3) is 0.455. The molecule has 84 valence electrons. The Hall–Kier alpha value is -0.280. The highest BCUT2D eigenvalue weighted by molar-refractivity contribution is 6.35. The van der Waals surface area contributed by atoms with Crippen molar-refractivity contribution in [2.75, 3.05) is 27.2 Å². The van der Waals surface area contributed by atoms with Crippen molar-refractivity contribution in [2.45, 2.75) is 6.54 Å². The zero-order chi connectivity index (χ0) is 11.3. The maximum Gasteiger partial charge on any atom is 0.0465 e. The van der Waals surface area contributed by atoms with Crippen LogP contribution in [-0.2, 0) is 6.54 Å². The Morgan fingerprint density at radius 2 is 2.07 bits per heavy atom. The molecular weight excluding hydrogens is 231 g/mol. The van der Waals surface area contributed by atoms with Gasteiger partial charge in [0.05, 0.1) is 0 Å². The van der Waals surface area contributed by atoms with Crippen molar-refractivity contribution in [3.63, 3.8) is 0 Å². The maximum absolute atomic E-state index is 6.08. The van der Waals surface area contributed by atoms with Gasteiger partial charge in [-0.2, -0.15) is 0 Å². The number of hydrogen-bond acceptors (Lipinski definition) is 2. The van der Waals surface area contributed by atoms with Crippen molar-refractivity contribution in [3.8, 4) is 0 Å². The van der Waals surface area contributed by atoms with E-state index in [1.807, 2.05) is 19.2 Å². The van der Waals surface area contributed by atoms with E-state index in [1.165, 1.54) is 0 Å². The zero-order valence-electron chi connectivity index (χ0n) is 9.06. The summed E-state index contributed by atoms with van der Waals surface area (Å²) in [7, 11) is 4.02. The molecule has 0 unspecified atom stereocenters. The molecule has 0 aromatic heterocycles. The summed E-state index contributed by atoms with van der Waals surface area (Å²) in [5.74, 6) is 0. The second-order valence-electron chi connectivity index (χ2n) is 3.58. The number of likely N-dealkylation sites (N-methyl/N-ethyl adjacent to an activating group) is 2. The summed E-state index contributed by atoms with van der Waals surface area (Å²) in [4.78, 5) is 2.21. The highest BCUT2D eigenvalue weighted by Crippen LogP contribution is 2.21. The Balaban J connectivity index is 2.56. The van der Waals surface area contributed by atoms with Crippen LogP contribution in [0.15, 0.2) is 18.2 Å². The fourth-order valence-electron chi connectivity index (χ4n) is 1.32. The van der Waals surface area contributed by atoms with Crippen LogP contribution in [-0.4, -0.2) is 32.1 Å². The highest BCUT2D eigenvalue weighted by atomic mass is 35.5. The van der Waals surface area contributed by atoms with Crippen LogP contribution in [0, 0.1) is 0 Å². The van der Waals surface area contributed by atoms with E-state index in [9.17, 15) is 0 Å². The number of nitrogens with zero attached hydrogens (tertiary/aromatic N) is 1. The van der Waals surface area contributed by atoms with E-state index in [0.29, 0.717) is 5.02 Å². The van der Waals surface area contributed by atoms with Gasteiger partial charge in [0.1, 0.15) is 0 Å². The Labute approximate surface area is 101 Å². The van der Waals surface area contributed by atoms with Crippen LogP contribution >= 0.6 is 23.2 Å². The van der Waals surface area contributed by atoms with E-state index in [-0.39, 0.29) is 0 Å². The van der Waals surface area contributed by atoms with Gasteiger partial charge in [-0.25, -0.2) is 0 Å². The lowest BCUT2D eigenvalue weighted by molar-refractivity contribution is 0.328. The molecule has 0 heterocycles.